The fraction of sp³-hybridized carbons (Fsp3) is 0.509. The zero-order valence-electron chi connectivity index (χ0n) is 43.0. The number of piperazine rings is 1. The lowest BCUT2D eigenvalue weighted by Crippen LogP contribution is -2.48. The number of carbonyl (C=O) groups is 4. The minimum absolute atomic E-state index is 0.0177. The van der Waals surface area contributed by atoms with Crippen molar-refractivity contribution >= 4 is 46.0 Å². The molecule has 2 atom stereocenters. The van der Waals surface area contributed by atoms with Gasteiger partial charge in [0, 0.05) is 107 Å². The molecule has 3 saturated heterocycles. The molecule has 0 aliphatic carbocycles. The van der Waals surface area contributed by atoms with Crippen LogP contribution in [0.3, 0.4) is 0 Å². The van der Waals surface area contributed by atoms with Crippen molar-refractivity contribution in [2.75, 3.05) is 112 Å². The van der Waals surface area contributed by atoms with Crippen molar-refractivity contribution in [1.82, 2.24) is 45.6 Å². The number of ether oxygens (including phenoxy) is 5. The maximum Gasteiger partial charge on any atom is 0.270 e. The summed E-state index contributed by atoms with van der Waals surface area (Å²) in [6, 6.07) is 17.8. The number of nitrogens with zero attached hydrogens (tertiary/aromatic N) is 6. The normalized spacial score (nSPS) is 20.1. The summed E-state index contributed by atoms with van der Waals surface area (Å²) in [6.07, 6.45) is 5.03. The third-order valence-corrected chi connectivity index (χ3v) is 14.8. The molecule has 0 radical (unpaired) electrons. The zero-order valence-corrected chi connectivity index (χ0v) is 43.8. The first-order valence-electron chi connectivity index (χ1n) is 26.4. The SMILES string of the molecule is N#Cc1ccc(CN2CCC(NC(=O)c3ncc(C(=O)N4CCN(Cc5ccc(F)cc5)CC4)cc3C(c3scc4[nH]cnc34)C3CNC(=O)CCOCCOCCOCCOCCNC(=O)CCCCO3)CC2)cc1. The Balaban J connectivity index is 1.06. The van der Waals surface area contributed by atoms with Gasteiger partial charge < -0.3 is 49.5 Å². The summed E-state index contributed by atoms with van der Waals surface area (Å²) >= 11 is 1.43. The maximum absolute atomic E-state index is 14.9. The van der Waals surface area contributed by atoms with Crippen LogP contribution in [0.4, 0.5) is 4.39 Å². The largest absolute Gasteiger partial charge is 0.379 e. The van der Waals surface area contributed by atoms with Gasteiger partial charge in [0.1, 0.15) is 17.0 Å². The molecule has 0 saturated carbocycles. The Hall–Kier alpha value is -6.22. The standard InChI is InChI=1S/C55H69FN10O9S/c56-43-10-8-41(9-11-43)36-65-18-20-66(21-19-65)55(70)42-31-45(51(60-33-42)54(69)63-44-12-16-64(17-13-44)35-40-6-4-39(32-57)5-7-40)50(53-52-46(37-76-53)61-38-62-52)47-34-59-49(68)14-23-71-25-27-73-29-30-74-28-26-72-24-15-58-48(67)3-1-2-22-75-47/h4-11,31,33,37-38,44,47,50H,1-3,12-30,34-36H2,(H,58,67)(H,59,68)(H,61,62)(H,63,69). The van der Waals surface area contributed by atoms with Gasteiger partial charge in [0.2, 0.25) is 11.8 Å². The predicted molar refractivity (Wildman–Crippen MR) is 282 cm³/mol. The van der Waals surface area contributed by atoms with Gasteiger partial charge in [0.05, 0.1) is 93.9 Å². The average Bonchev–Trinajstić information content (AvgIpc) is 4.08. The van der Waals surface area contributed by atoms with Crippen LogP contribution in [0.1, 0.15) is 92.4 Å². The van der Waals surface area contributed by atoms with Gasteiger partial charge in [-0.05, 0) is 72.7 Å². The fourth-order valence-corrected chi connectivity index (χ4v) is 10.7. The number of imidazole rings is 1. The van der Waals surface area contributed by atoms with Crippen LogP contribution in [0.15, 0.2) is 72.5 Å². The van der Waals surface area contributed by atoms with Gasteiger partial charge in [0.25, 0.3) is 11.8 Å². The summed E-state index contributed by atoms with van der Waals surface area (Å²) in [5, 5.41) is 20.5. The van der Waals surface area contributed by atoms with E-state index in [0.29, 0.717) is 133 Å². The second-order valence-electron chi connectivity index (χ2n) is 19.2. The Morgan fingerprint density at radius 1 is 0.776 bits per heavy atom. The lowest BCUT2D eigenvalue weighted by Gasteiger charge is -2.35. The van der Waals surface area contributed by atoms with Crippen LogP contribution in [0, 0.1) is 17.1 Å². The number of aromatic nitrogens is 3. The molecule has 6 heterocycles. The van der Waals surface area contributed by atoms with Crippen LogP contribution in [-0.4, -0.2) is 177 Å². The van der Waals surface area contributed by atoms with Crippen LogP contribution in [0.25, 0.3) is 11.0 Å². The van der Waals surface area contributed by atoms with E-state index in [0.717, 1.165) is 41.2 Å². The van der Waals surface area contributed by atoms with Gasteiger partial charge in [-0.1, -0.05) is 24.3 Å². The molecule has 3 fully saturated rings. The van der Waals surface area contributed by atoms with Crippen LogP contribution in [-0.2, 0) is 46.4 Å². The summed E-state index contributed by atoms with van der Waals surface area (Å²) in [5.41, 5.74) is 5.00. The molecular weight excluding hydrogens is 996 g/mol. The number of amides is 4. The number of benzene rings is 2. The first-order chi connectivity index (χ1) is 37.2. The third-order valence-electron chi connectivity index (χ3n) is 13.8. The van der Waals surface area contributed by atoms with E-state index >= 15 is 0 Å². The summed E-state index contributed by atoms with van der Waals surface area (Å²) in [7, 11) is 0. The van der Waals surface area contributed by atoms with Crippen molar-refractivity contribution in [3.8, 4) is 6.07 Å². The first kappa shape index (κ1) is 56.0. The van der Waals surface area contributed by atoms with Crippen LogP contribution in [0.2, 0.25) is 0 Å². The van der Waals surface area contributed by atoms with Crippen molar-refractivity contribution in [1.29, 1.82) is 5.26 Å². The molecule has 8 rings (SSSR count). The van der Waals surface area contributed by atoms with E-state index in [-0.39, 0.29) is 67.9 Å². The number of thiophene rings is 1. The number of piperidine rings is 1. The Morgan fingerprint density at radius 3 is 2.12 bits per heavy atom. The smallest absolute Gasteiger partial charge is 0.270 e. The van der Waals surface area contributed by atoms with Gasteiger partial charge in [-0.15, -0.1) is 11.3 Å². The van der Waals surface area contributed by atoms with Gasteiger partial charge >= 0.3 is 0 Å². The monoisotopic (exact) mass is 1060 g/mol. The number of hydrogen-bond donors (Lipinski definition) is 4. The van der Waals surface area contributed by atoms with Crippen molar-refractivity contribution < 1.29 is 47.3 Å². The van der Waals surface area contributed by atoms with Crippen LogP contribution in [0.5, 0.6) is 0 Å². The van der Waals surface area contributed by atoms with Gasteiger partial charge in [0.15, 0.2) is 0 Å². The number of pyridine rings is 1. The highest BCUT2D eigenvalue weighted by molar-refractivity contribution is 7.11. The summed E-state index contributed by atoms with van der Waals surface area (Å²) in [6.45, 7) is 8.22. The number of rotatable bonds is 10. The summed E-state index contributed by atoms with van der Waals surface area (Å²) < 4.78 is 43.0. The van der Waals surface area contributed by atoms with Crippen LogP contribution >= 0.6 is 11.3 Å². The van der Waals surface area contributed by atoms with Crippen molar-refractivity contribution in [2.24, 2.45) is 0 Å². The minimum Gasteiger partial charge on any atom is -0.379 e. The molecule has 76 heavy (non-hydrogen) atoms. The number of nitrogens with one attached hydrogen (secondary N) is 4. The molecule has 5 aromatic rings. The van der Waals surface area contributed by atoms with E-state index in [9.17, 15) is 28.8 Å². The molecule has 3 aliphatic heterocycles. The molecule has 2 unspecified atom stereocenters. The summed E-state index contributed by atoms with van der Waals surface area (Å²) in [4.78, 5) is 75.8. The fourth-order valence-electron chi connectivity index (χ4n) is 9.57. The van der Waals surface area contributed by atoms with E-state index in [2.05, 4.69) is 36.8 Å². The number of halogens is 1. The van der Waals surface area contributed by atoms with Gasteiger partial charge in [-0.2, -0.15) is 5.26 Å². The lowest BCUT2D eigenvalue weighted by molar-refractivity contribution is -0.123. The highest BCUT2D eigenvalue weighted by Gasteiger charge is 2.36. The minimum atomic E-state index is -0.807. The molecule has 4 N–H and O–H groups in total. The number of nitriles is 1. The third kappa shape index (κ3) is 16.6. The molecule has 4 amide bonds. The zero-order chi connectivity index (χ0) is 52.9. The number of carbonyl (C=O) groups excluding carboxylic acids is 4. The molecule has 3 aliphatic rings. The Bertz CT molecular complexity index is 2680. The van der Waals surface area contributed by atoms with Crippen LogP contribution < -0.4 is 16.0 Å². The molecule has 19 nitrogen and oxygen atoms in total. The quantitative estimate of drug-likeness (QED) is 0.148. The van der Waals surface area contributed by atoms with Gasteiger partial charge in [-0.25, -0.2) is 14.4 Å². The molecule has 3 aromatic heterocycles. The lowest BCUT2D eigenvalue weighted by atomic mass is 9.88. The molecule has 0 bridgehead atoms. The first-order valence-corrected chi connectivity index (χ1v) is 27.2. The molecule has 406 valence electrons. The molecule has 21 heteroatoms. The topological polar surface area (TPSA) is 226 Å². The Labute approximate surface area is 446 Å². The Morgan fingerprint density at radius 2 is 1.42 bits per heavy atom. The van der Waals surface area contributed by atoms with E-state index in [1.54, 1.807) is 29.4 Å². The Kier molecular flexibility index (Phi) is 21.6. The summed E-state index contributed by atoms with van der Waals surface area (Å²) in [5.74, 6) is -2.08. The average molecular weight is 1070 g/mol. The van der Waals surface area contributed by atoms with E-state index < -0.39 is 17.9 Å². The van der Waals surface area contributed by atoms with E-state index in [4.69, 9.17) is 33.7 Å². The number of likely N-dealkylation sites (tertiary alicyclic amines) is 1. The highest BCUT2D eigenvalue weighted by Crippen LogP contribution is 2.40. The second kappa shape index (κ2) is 29.3. The highest BCUT2D eigenvalue weighted by atomic mass is 32.1. The molecule has 2 aromatic carbocycles. The van der Waals surface area contributed by atoms with Gasteiger partial charge in [-0.3, -0.25) is 29.0 Å². The van der Waals surface area contributed by atoms with E-state index in [1.807, 2.05) is 29.6 Å². The molecule has 0 spiro atoms. The van der Waals surface area contributed by atoms with Crippen molar-refractivity contribution in [3.05, 3.63) is 117 Å². The number of aromatic amines is 1. The predicted octanol–water partition coefficient (Wildman–Crippen LogP) is 4.77. The number of fused-ring (bicyclic) bond motifs is 1. The number of hydrogen-bond acceptors (Lipinski definition) is 15. The van der Waals surface area contributed by atoms with E-state index in [1.165, 1.54) is 29.7 Å². The maximum atomic E-state index is 14.9. The van der Waals surface area contributed by atoms with Crippen molar-refractivity contribution in [3.63, 3.8) is 0 Å². The van der Waals surface area contributed by atoms with Crippen molar-refractivity contribution in [2.45, 2.75) is 69.7 Å². The molecular formula is C55H69FN10O9S. The second-order valence-corrected chi connectivity index (χ2v) is 20.1. The number of H-pyrrole nitrogens is 1.